The smallest absolute Gasteiger partial charge is 0.235 e. The van der Waals surface area contributed by atoms with Crippen LogP contribution >= 0.6 is 11.8 Å². The second-order valence-electron chi connectivity index (χ2n) is 5.97. The number of ether oxygens (including phenoxy) is 2. The third kappa shape index (κ3) is 6.34. The van der Waals surface area contributed by atoms with Gasteiger partial charge in [-0.25, -0.2) is 0 Å². The van der Waals surface area contributed by atoms with Crippen molar-refractivity contribution in [2.45, 2.75) is 52.0 Å². The van der Waals surface area contributed by atoms with Crippen LogP contribution in [0.25, 0.3) is 0 Å². The molecule has 1 rings (SSSR count). The van der Waals surface area contributed by atoms with E-state index in [1.807, 2.05) is 36.1 Å². The summed E-state index contributed by atoms with van der Waals surface area (Å²) in [6.07, 6.45) is 0. The first kappa shape index (κ1) is 19.7. The van der Waals surface area contributed by atoms with Gasteiger partial charge in [0, 0.05) is 17.8 Å². The maximum atomic E-state index is 12.5. The second-order valence-corrected chi connectivity index (χ2v) is 7.42. The van der Waals surface area contributed by atoms with Gasteiger partial charge in [0.2, 0.25) is 5.91 Å². The van der Waals surface area contributed by atoms with Gasteiger partial charge >= 0.3 is 0 Å². The summed E-state index contributed by atoms with van der Waals surface area (Å²) in [6.45, 7) is 10.8. The Bertz CT molecular complexity index is 466. The number of amides is 1. The molecule has 0 aromatic heterocycles. The fourth-order valence-corrected chi connectivity index (χ4v) is 3.24. The van der Waals surface area contributed by atoms with Crippen LogP contribution in [0.4, 0.5) is 0 Å². The lowest BCUT2D eigenvalue weighted by Gasteiger charge is -2.33. The number of hydrogen-bond acceptors (Lipinski definition) is 4. The Kier molecular flexibility index (Phi) is 8.31. The monoisotopic (exact) mass is 339 g/mol. The summed E-state index contributed by atoms with van der Waals surface area (Å²) in [5.74, 6) is 2.61. The van der Waals surface area contributed by atoms with Gasteiger partial charge < -0.3 is 14.4 Å². The molecule has 0 radical (unpaired) electrons. The molecule has 130 valence electrons. The van der Waals surface area contributed by atoms with Crippen LogP contribution in [0.15, 0.2) is 24.3 Å². The van der Waals surface area contributed by atoms with E-state index in [1.54, 1.807) is 18.9 Å². The fraction of sp³-hybridized carbons (Fsp3) is 0.611. The van der Waals surface area contributed by atoms with Crippen LogP contribution in [-0.4, -0.2) is 47.6 Å². The minimum absolute atomic E-state index is 0.0562. The number of rotatable bonds is 9. The van der Waals surface area contributed by atoms with Gasteiger partial charge in [-0.3, -0.25) is 4.79 Å². The van der Waals surface area contributed by atoms with E-state index in [1.165, 1.54) is 0 Å². The average molecular weight is 340 g/mol. The molecule has 1 amide bonds. The van der Waals surface area contributed by atoms with Gasteiger partial charge in [0.15, 0.2) is 0 Å². The molecule has 1 aromatic rings. The molecule has 0 fully saturated rings. The molecule has 1 atom stereocenters. The van der Waals surface area contributed by atoms with Crippen molar-refractivity contribution in [3.05, 3.63) is 24.3 Å². The molecule has 4 nitrogen and oxygen atoms in total. The number of carbonyl (C=O) groups is 1. The van der Waals surface area contributed by atoms with Crippen molar-refractivity contribution in [3.8, 4) is 11.5 Å². The highest BCUT2D eigenvalue weighted by Crippen LogP contribution is 2.19. The maximum Gasteiger partial charge on any atom is 0.235 e. The van der Waals surface area contributed by atoms with Crippen LogP contribution in [0.1, 0.15) is 34.6 Å². The molecule has 1 unspecified atom stereocenters. The molecule has 0 aliphatic heterocycles. The lowest BCUT2D eigenvalue weighted by atomic mass is 10.2. The summed E-state index contributed by atoms with van der Waals surface area (Å²) >= 11 is 1.63. The van der Waals surface area contributed by atoms with Gasteiger partial charge in [0.05, 0.1) is 19.0 Å². The third-order valence-electron chi connectivity index (χ3n) is 3.49. The minimum Gasteiger partial charge on any atom is -0.497 e. The van der Waals surface area contributed by atoms with Gasteiger partial charge in [0.1, 0.15) is 11.5 Å². The van der Waals surface area contributed by atoms with Crippen molar-refractivity contribution in [2.24, 2.45) is 0 Å². The Balaban J connectivity index is 2.37. The van der Waals surface area contributed by atoms with Crippen LogP contribution in [0.5, 0.6) is 11.5 Å². The summed E-state index contributed by atoms with van der Waals surface area (Å²) in [6, 6.07) is 7.96. The number of methoxy groups -OCH3 is 1. The number of benzene rings is 1. The van der Waals surface area contributed by atoms with Crippen molar-refractivity contribution in [2.75, 3.05) is 19.5 Å². The molecule has 0 aliphatic rings. The van der Waals surface area contributed by atoms with Gasteiger partial charge in [-0.05, 0) is 58.9 Å². The van der Waals surface area contributed by atoms with Crippen LogP contribution in [-0.2, 0) is 4.79 Å². The zero-order valence-corrected chi connectivity index (χ0v) is 15.9. The van der Waals surface area contributed by atoms with Crippen LogP contribution in [0, 0.1) is 0 Å². The summed E-state index contributed by atoms with van der Waals surface area (Å²) < 4.78 is 10.8. The third-order valence-corrected chi connectivity index (χ3v) is 4.60. The van der Waals surface area contributed by atoms with Crippen molar-refractivity contribution < 1.29 is 14.3 Å². The van der Waals surface area contributed by atoms with E-state index in [0.29, 0.717) is 6.61 Å². The van der Waals surface area contributed by atoms with Gasteiger partial charge in [0.25, 0.3) is 0 Å². The van der Waals surface area contributed by atoms with Crippen LogP contribution in [0.2, 0.25) is 0 Å². The van der Waals surface area contributed by atoms with Crippen molar-refractivity contribution in [1.82, 2.24) is 4.90 Å². The Hall–Kier alpha value is -1.36. The van der Waals surface area contributed by atoms with Crippen molar-refractivity contribution in [1.29, 1.82) is 0 Å². The molecule has 0 aliphatic carbocycles. The predicted molar refractivity (Wildman–Crippen MR) is 97.5 cm³/mol. The van der Waals surface area contributed by atoms with Gasteiger partial charge in [-0.2, -0.15) is 0 Å². The van der Waals surface area contributed by atoms with E-state index in [4.69, 9.17) is 9.47 Å². The molecular formula is C18H29NO3S. The van der Waals surface area contributed by atoms with Gasteiger partial charge in [-0.1, -0.05) is 0 Å². The summed E-state index contributed by atoms with van der Waals surface area (Å²) in [4.78, 5) is 14.5. The number of nitrogens with zero attached hydrogens (tertiary/aromatic N) is 1. The van der Waals surface area contributed by atoms with E-state index < -0.39 is 0 Å². The zero-order chi connectivity index (χ0) is 17.4. The zero-order valence-electron chi connectivity index (χ0n) is 15.0. The first-order chi connectivity index (χ1) is 10.9. The highest BCUT2D eigenvalue weighted by atomic mass is 32.2. The Morgan fingerprint density at radius 1 is 1.04 bits per heavy atom. The first-order valence-corrected chi connectivity index (χ1v) is 9.12. The van der Waals surface area contributed by atoms with Crippen LogP contribution < -0.4 is 9.47 Å². The Labute approximate surface area is 144 Å². The maximum absolute atomic E-state index is 12.5. The van der Waals surface area contributed by atoms with E-state index in [-0.39, 0.29) is 23.2 Å². The molecule has 0 spiro atoms. The molecule has 0 bridgehead atoms. The molecule has 0 saturated heterocycles. The lowest BCUT2D eigenvalue weighted by Crippen LogP contribution is -2.45. The Morgan fingerprint density at radius 3 is 2.04 bits per heavy atom. The number of hydrogen-bond donors (Lipinski definition) is 0. The topological polar surface area (TPSA) is 38.8 Å². The van der Waals surface area contributed by atoms with Gasteiger partial charge in [-0.15, -0.1) is 11.8 Å². The SMILES string of the molecule is COc1ccc(OCCSC(C)C(=O)N(C(C)C)C(C)C)cc1. The summed E-state index contributed by atoms with van der Waals surface area (Å²) in [5.41, 5.74) is 0. The van der Waals surface area contributed by atoms with Crippen molar-refractivity contribution >= 4 is 17.7 Å². The molecule has 5 heteroatoms. The number of carbonyl (C=O) groups excluding carboxylic acids is 1. The molecule has 1 aromatic carbocycles. The van der Waals surface area contributed by atoms with E-state index in [9.17, 15) is 4.79 Å². The predicted octanol–water partition coefficient (Wildman–Crippen LogP) is 3.84. The normalized spacial score (nSPS) is 12.3. The molecular weight excluding hydrogens is 310 g/mol. The highest BCUT2D eigenvalue weighted by Gasteiger charge is 2.25. The second kappa shape index (κ2) is 9.71. The largest absolute Gasteiger partial charge is 0.497 e. The molecule has 0 heterocycles. The molecule has 23 heavy (non-hydrogen) atoms. The van der Waals surface area contributed by atoms with Crippen molar-refractivity contribution in [3.63, 3.8) is 0 Å². The quantitative estimate of drug-likeness (QED) is 0.641. The molecule has 0 saturated carbocycles. The Morgan fingerprint density at radius 2 is 1.57 bits per heavy atom. The minimum atomic E-state index is -0.0562. The van der Waals surface area contributed by atoms with E-state index >= 15 is 0 Å². The molecule has 0 N–H and O–H groups in total. The van der Waals surface area contributed by atoms with E-state index in [0.717, 1.165) is 17.3 Å². The fourth-order valence-electron chi connectivity index (χ4n) is 2.44. The van der Waals surface area contributed by atoms with Crippen LogP contribution in [0.3, 0.4) is 0 Å². The summed E-state index contributed by atoms with van der Waals surface area (Å²) in [5, 5.41) is -0.0562. The van der Waals surface area contributed by atoms with E-state index in [2.05, 4.69) is 27.7 Å². The highest BCUT2D eigenvalue weighted by molar-refractivity contribution is 8.00. The standard InChI is InChI=1S/C18H29NO3S/c1-13(2)19(14(3)4)18(20)15(5)23-12-11-22-17-9-7-16(21-6)8-10-17/h7-10,13-15H,11-12H2,1-6H3. The first-order valence-electron chi connectivity index (χ1n) is 8.07. The average Bonchev–Trinajstić information content (AvgIpc) is 2.51. The number of thioether (sulfide) groups is 1. The summed E-state index contributed by atoms with van der Waals surface area (Å²) in [7, 11) is 1.64. The lowest BCUT2D eigenvalue weighted by molar-refractivity contribution is -0.133.